The van der Waals surface area contributed by atoms with Gasteiger partial charge in [-0.2, -0.15) is 0 Å². The molecule has 2 heteroatoms. The van der Waals surface area contributed by atoms with E-state index in [1.807, 2.05) is 5.92 Å². The molecule has 1 unspecified atom stereocenters. The fraction of sp³-hybridized carbons (Fsp3) is 0.600. The largest absolute Gasteiger partial charge is 0.358 e. The Labute approximate surface area is 43.1 Å². The van der Waals surface area contributed by atoms with E-state index >= 15 is 0 Å². The molecule has 0 amide bonds. The van der Waals surface area contributed by atoms with Crippen LogP contribution in [0.4, 0.5) is 0 Å². The third-order valence-electron chi connectivity index (χ3n) is 0.467. The van der Waals surface area contributed by atoms with Crippen LogP contribution in [0.15, 0.2) is 0 Å². The Morgan fingerprint density at radius 1 is 2.00 bits per heavy atom. The fourth-order valence-corrected chi connectivity index (χ4v) is 0.206. The van der Waals surface area contributed by atoms with E-state index in [-0.39, 0.29) is 0 Å². The van der Waals surface area contributed by atoms with Crippen molar-refractivity contribution in [1.82, 2.24) is 0 Å². The van der Waals surface area contributed by atoms with Crippen LogP contribution in [-0.4, -0.2) is 18.0 Å². The van der Waals surface area contributed by atoms with Crippen molar-refractivity contribution in [2.75, 3.05) is 6.61 Å². The third kappa shape index (κ3) is 3.31. The normalized spacial score (nSPS) is 12.7. The molecule has 1 N–H and O–H groups in total. The molecule has 0 spiro atoms. The lowest BCUT2D eigenvalue weighted by atomic mass is 10.7. The molecule has 7 heavy (non-hydrogen) atoms. The monoisotopic (exact) mass is 100 g/mol. The van der Waals surface area contributed by atoms with Crippen molar-refractivity contribution in [3.63, 3.8) is 0 Å². The van der Waals surface area contributed by atoms with Crippen molar-refractivity contribution in [3.05, 3.63) is 0 Å². The molecule has 0 saturated carbocycles. The van der Waals surface area contributed by atoms with Crippen LogP contribution in [0.25, 0.3) is 0 Å². The highest BCUT2D eigenvalue weighted by molar-refractivity contribution is 4.87. The van der Waals surface area contributed by atoms with Crippen LogP contribution in [0, 0.1) is 12.3 Å². The minimum absolute atomic E-state index is 0.450. The van der Waals surface area contributed by atoms with Gasteiger partial charge in [0, 0.05) is 6.61 Å². The van der Waals surface area contributed by atoms with E-state index in [0.717, 1.165) is 0 Å². The molecule has 0 rings (SSSR count). The molecule has 40 valence electrons. The number of rotatable bonds is 2. The van der Waals surface area contributed by atoms with E-state index in [9.17, 15) is 0 Å². The molecule has 0 aromatic rings. The van der Waals surface area contributed by atoms with E-state index in [1.165, 1.54) is 0 Å². The van der Waals surface area contributed by atoms with Crippen molar-refractivity contribution in [3.8, 4) is 12.3 Å². The molecular formula is C5H8O2. The molecule has 0 aromatic carbocycles. The predicted molar refractivity (Wildman–Crippen MR) is 26.5 cm³/mol. The van der Waals surface area contributed by atoms with Gasteiger partial charge in [-0.05, 0) is 12.8 Å². The maximum Gasteiger partial charge on any atom is 0.219 e. The van der Waals surface area contributed by atoms with Crippen molar-refractivity contribution >= 4 is 0 Å². The lowest BCUT2D eigenvalue weighted by Gasteiger charge is -1.98. The van der Waals surface area contributed by atoms with E-state index in [1.54, 1.807) is 6.92 Å². The van der Waals surface area contributed by atoms with Crippen molar-refractivity contribution in [1.29, 1.82) is 0 Å². The Morgan fingerprint density at radius 3 is 2.71 bits per heavy atom. The summed E-state index contributed by atoms with van der Waals surface area (Å²) in [5, 5.41) is 8.40. The molecule has 0 saturated heterocycles. The minimum Gasteiger partial charge on any atom is -0.358 e. The van der Waals surface area contributed by atoms with Gasteiger partial charge < -0.3 is 9.84 Å². The predicted octanol–water partition coefficient (Wildman–Crippen LogP) is -0.0255. The molecule has 2 nitrogen and oxygen atoms in total. The summed E-state index contributed by atoms with van der Waals surface area (Å²) in [7, 11) is 0. The summed E-state index contributed by atoms with van der Waals surface area (Å²) in [5.74, 6) is 2.00. The molecule has 0 aliphatic heterocycles. The van der Waals surface area contributed by atoms with Crippen LogP contribution in [0.2, 0.25) is 0 Å². The second kappa shape index (κ2) is 3.66. The first-order valence-corrected chi connectivity index (χ1v) is 2.07. The lowest BCUT2D eigenvalue weighted by Crippen LogP contribution is -2.07. The second-order valence-corrected chi connectivity index (χ2v) is 0.974. The topological polar surface area (TPSA) is 29.5 Å². The van der Waals surface area contributed by atoms with E-state index in [0.29, 0.717) is 6.61 Å². The van der Waals surface area contributed by atoms with Gasteiger partial charge in [0.2, 0.25) is 6.29 Å². The van der Waals surface area contributed by atoms with Gasteiger partial charge in [0.05, 0.1) is 0 Å². The van der Waals surface area contributed by atoms with Crippen LogP contribution in [-0.2, 0) is 4.74 Å². The average Bonchev–Trinajstić information content (AvgIpc) is 1.68. The van der Waals surface area contributed by atoms with Crippen LogP contribution < -0.4 is 0 Å². The Bertz CT molecular complexity index is 72.6. The number of hydrogen-bond acceptors (Lipinski definition) is 2. The molecular weight excluding hydrogens is 92.1 g/mol. The van der Waals surface area contributed by atoms with Gasteiger partial charge in [0.15, 0.2) is 0 Å². The molecule has 0 aromatic heterocycles. The van der Waals surface area contributed by atoms with Gasteiger partial charge in [-0.25, -0.2) is 0 Å². The van der Waals surface area contributed by atoms with Gasteiger partial charge in [0.1, 0.15) is 0 Å². The lowest BCUT2D eigenvalue weighted by molar-refractivity contribution is -0.0514. The second-order valence-electron chi connectivity index (χ2n) is 0.974. The maximum atomic E-state index is 8.40. The number of hydrogen-bond donors (Lipinski definition) is 1. The zero-order valence-corrected chi connectivity index (χ0v) is 4.22. The first-order chi connectivity index (χ1) is 3.31. The summed E-state index contributed by atoms with van der Waals surface area (Å²) in [6.07, 6.45) is 3.71. The molecule has 0 radical (unpaired) electrons. The molecule has 0 bridgehead atoms. The first-order valence-electron chi connectivity index (χ1n) is 2.07. The van der Waals surface area contributed by atoms with Crippen LogP contribution in [0.3, 0.4) is 0 Å². The van der Waals surface area contributed by atoms with Gasteiger partial charge >= 0.3 is 0 Å². The smallest absolute Gasteiger partial charge is 0.219 e. The Balaban J connectivity index is 3.04. The van der Waals surface area contributed by atoms with Crippen LogP contribution in [0.5, 0.6) is 0 Å². The van der Waals surface area contributed by atoms with Gasteiger partial charge in [0.25, 0.3) is 0 Å². The Hall–Kier alpha value is -0.520. The zero-order valence-electron chi connectivity index (χ0n) is 4.22. The summed E-state index contributed by atoms with van der Waals surface area (Å²) in [6.45, 7) is 2.21. The summed E-state index contributed by atoms with van der Waals surface area (Å²) >= 11 is 0. The first kappa shape index (κ1) is 6.48. The standard InChI is InChI=1S/C5H8O2/c1-3-5(6)7-4-2/h1,5-6H,4H2,2H3. The van der Waals surface area contributed by atoms with E-state index in [2.05, 4.69) is 4.74 Å². The zero-order chi connectivity index (χ0) is 5.70. The molecule has 0 heterocycles. The van der Waals surface area contributed by atoms with Gasteiger partial charge in [-0.1, -0.05) is 0 Å². The molecule has 0 aliphatic rings. The maximum absolute atomic E-state index is 8.40. The highest BCUT2D eigenvalue weighted by Gasteiger charge is 1.90. The summed E-state index contributed by atoms with van der Waals surface area (Å²) < 4.78 is 4.51. The fourth-order valence-electron chi connectivity index (χ4n) is 0.206. The highest BCUT2D eigenvalue weighted by atomic mass is 16.6. The highest BCUT2D eigenvalue weighted by Crippen LogP contribution is 1.79. The SMILES string of the molecule is C#CC(O)OCC. The van der Waals surface area contributed by atoms with Crippen LogP contribution in [0.1, 0.15) is 6.92 Å². The van der Waals surface area contributed by atoms with Gasteiger partial charge in [-0.15, -0.1) is 6.42 Å². The van der Waals surface area contributed by atoms with E-state index in [4.69, 9.17) is 11.5 Å². The molecule has 0 fully saturated rings. The summed E-state index contributed by atoms with van der Waals surface area (Å²) in [4.78, 5) is 0. The van der Waals surface area contributed by atoms with Crippen LogP contribution >= 0.6 is 0 Å². The number of aliphatic hydroxyl groups is 1. The minimum atomic E-state index is -1.02. The Morgan fingerprint density at radius 2 is 2.57 bits per heavy atom. The number of terminal acetylenes is 1. The van der Waals surface area contributed by atoms with Gasteiger partial charge in [-0.3, -0.25) is 0 Å². The van der Waals surface area contributed by atoms with Crippen molar-refractivity contribution in [2.45, 2.75) is 13.2 Å². The molecule has 0 aliphatic carbocycles. The Kier molecular flexibility index (Phi) is 3.39. The molecule has 1 atom stereocenters. The quantitative estimate of drug-likeness (QED) is 0.390. The van der Waals surface area contributed by atoms with E-state index < -0.39 is 6.29 Å². The average molecular weight is 100 g/mol. The summed E-state index contributed by atoms with van der Waals surface area (Å²) in [5.41, 5.74) is 0. The van der Waals surface area contributed by atoms with Crippen molar-refractivity contribution < 1.29 is 9.84 Å². The number of aliphatic hydroxyl groups excluding tert-OH is 1. The summed E-state index contributed by atoms with van der Waals surface area (Å²) in [6, 6.07) is 0. The number of ether oxygens (including phenoxy) is 1. The third-order valence-corrected chi connectivity index (χ3v) is 0.467. The van der Waals surface area contributed by atoms with Crippen molar-refractivity contribution in [2.24, 2.45) is 0 Å².